The third kappa shape index (κ3) is 2.54. The number of H-pyrrole nitrogens is 1. The lowest BCUT2D eigenvalue weighted by molar-refractivity contribution is 0.340. The first-order chi connectivity index (χ1) is 10.1. The van der Waals surface area contributed by atoms with E-state index >= 15 is 0 Å². The Morgan fingerprint density at radius 2 is 2.00 bits per heavy atom. The summed E-state index contributed by atoms with van der Waals surface area (Å²) < 4.78 is 21.4. The maximum Gasteiger partial charge on any atom is 0.182 e. The number of ether oxygens (including phenoxy) is 1. The molecule has 3 rings (SSSR count). The van der Waals surface area contributed by atoms with Crippen LogP contribution in [0.2, 0.25) is 5.02 Å². The van der Waals surface area contributed by atoms with Gasteiger partial charge in [-0.15, -0.1) is 0 Å². The molecule has 0 saturated carbocycles. The maximum absolute atomic E-state index is 13.7. The van der Waals surface area contributed by atoms with Gasteiger partial charge in [0.1, 0.15) is 11.6 Å². The number of aromatic amines is 1. The van der Waals surface area contributed by atoms with Crippen LogP contribution in [-0.2, 0) is 0 Å². The van der Waals surface area contributed by atoms with E-state index in [-0.39, 0.29) is 5.02 Å². The van der Waals surface area contributed by atoms with Crippen LogP contribution in [0.3, 0.4) is 0 Å². The van der Waals surface area contributed by atoms with E-state index in [0.717, 1.165) is 11.4 Å². The smallest absolute Gasteiger partial charge is 0.182 e. The van der Waals surface area contributed by atoms with Crippen molar-refractivity contribution < 1.29 is 9.13 Å². The van der Waals surface area contributed by atoms with E-state index in [9.17, 15) is 4.39 Å². The second-order valence-corrected chi connectivity index (χ2v) is 5.27. The fraction of sp³-hybridized carbons (Fsp3) is 0.133. The number of halogens is 2. The van der Waals surface area contributed by atoms with Gasteiger partial charge in [-0.05, 0) is 49.5 Å². The quantitative estimate of drug-likeness (QED) is 0.696. The van der Waals surface area contributed by atoms with Crippen molar-refractivity contribution in [2.45, 2.75) is 6.92 Å². The highest BCUT2D eigenvalue weighted by Gasteiger charge is 2.10. The molecule has 0 unspecified atom stereocenters. The third-order valence-electron chi connectivity index (χ3n) is 3.13. The summed E-state index contributed by atoms with van der Waals surface area (Å²) in [4.78, 5) is 3.03. The lowest BCUT2D eigenvalue weighted by atomic mass is 10.2. The first-order valence-electron chi connectivity index (χ1n) is 6.43. The van der Waals surface area contributed by atoms with Crippen molar-refractivity contribution >= 4 is 34.9 Å². The van der Waals surface area contributed by atoms with Crippen LogP contribution in [0.1, 0.15) is 6.92 Å². The van der Waals surface area contributed by atoms with Gasteiger partial charge in [0.2, 0.25) is 0 Å². The molecule has 0 bridgehead atoms. The van der Waals surface area contributed by atoms with Crippen molar-refractivity contribution in [3.8, 4) is 11.4 Å². The minimum Gasteiger partial charge on any atom is -0.494 e. The van der Waals surface area contributed by atoms with E-state index in [2.05, 4.69) is 4.98 Å². The summed E-state index contributed by atoms with van der Waals surface area (Å²) in [5.41, 5.74) is 2.17. The lowest BCUT2D eigenvalue weighted by Crippen LogP contribution is -1.96. The number of nitrogens with one attached hydrogen (secondary N) is 1. The van der Waals surface area contributed by atoms with Crippen molar-refractivity contribution in [2.24, 2.45) is 0 Å². The van der Waals surface area contributed by atoms with Crippen LogP contribution in [0.15, 0.2) is 36.4 Å². The van der Waals surface area contributed by atoms with Crippen LogP contribution in [0, 0.1) is 10.6 Å². The fourth-order valence-corrected chi connectivity index (χ4v) is 2.69. The van der Waals surface area contributed by atoms with Gasteiger partial charge in [-0.3, -0.25) is 4.57 Å². The molecule has 3 aromatic rings. The molecular weight excluding hydrogens is 311 g/mol. The van der Waals surface area contributed by atoms with E-state index in [1.54, 1.807) is 4.57 Å². The van der Waals surface area contributed by atoms with Crippen LogP contribution >= 0.6 is 23.8 Å². The van der Waals surface area contributed by atoms with Crippen molar-refractivity contribution in [1.82, 2.24) is 9.55 Å². The van der Waals surface area contributed by atoms with Gasteiger partial charge in [-0.25, -0.2) is 4.39 Å². The van der Waals surface area contributed by atoms with Crippen LogP contribution in [-0.4, -0.2) is 16.2 Å². The number of fused-ring (bicyclic) bond motifs is 1. The van der Waals surface area contributed by atoms with E-state index in [0.29, 0.717) is 22.4 Å². The van der Waals surface area contributed by atoms with Crippen LogP contribution < -0.4 is 4.74 Å². The van der Waals surface area contributed by atoms with Crippen molar-refractivity contribution in [3.05, 3.63) is 52.0 Å². The monoisotopic (exact) mass is 322 g/mol. The largest absolute Gasteiger partial charge is 0.494 e. The standard InChI is InChI=1S/C15H12ClFN2OS/c1-2-20-10-5-3-9(4-6-10)19-14-8-12(17)11(16)7-13(14)18-15(19)21/h3-8H,2H2,1H3,(H,18,21). The summed E-state index contributed by atoms with van der Waals surface area (Å²) in [6, 6.07) is 10.4. The predicted octanol–water partition coefficient (Wildman–Crippen LogP) is 4.88. The fourth-order valence-electron chi connectivity index (χ4n) is 2.22. The van der Waals surface area contributed by atoms with E-state index in [1.807, 2.05) is 31.2 Å². The molecule has 0 radical (unpaired) electrons. The molecule has 2 aromatic carbocycles. The number of hydrogen-bond acceptors (Lipinski definition) is 2. The molecule has 0 aliphatic heterocycles. The van der Waals surface area contributed by atoms with E-state index in [1.165, 1.54) is 12.1 Å². The average Bonchev–Trinajstić information content (AvgIpc) is 2.76. The number of rotatable bonds is 3. The SMILES string of the molecule is CCOc1ccc(-n2c(=S)[nH]c3cc(Cl)c(F)cc32)cc1. The van der Waals surface area contributed by atoms with Crippen LogP contribution in [0.25, 0.3) is 16.7 Å². The van der Waals surface area contributed by atoms with Crippen molar-refractivity contribution in [3.63, 3.8) is 0 Å². The second kappa shape index (κ2) is 5.50. The Morgan fingerprint density at radius 3 is 2.67 bits per heavy atom. The lowest BCUT2D eigenvalue weighted by Gasteiger charge is -2.07. The molecule has 3 nitrogen and oxygen atoms in total. The highest BCUT2D eigenvalue weighted by Crippen LogP contribution is 2.26. The van der Waals surface area contributed by atoms with Gasteiger partial charge in [0.15, 0.2) is 4.77 Å². The molecule has 1 aromatic heterocycles. The second-order valence-electron chi connectivity index (χ2n) is 4.48. The highest BCUT2D eigenvalue weighted by molar-refractivity contribution is 7.71. The maximum atomic E-state index is 13.7. The highest BCUT2D eigenvalue weighted by atomic mass is 35.5. The zero-order valence-electron chi connectivity index (χ0n) is 11.2. The molecule has 0 atom stereocenters. The molecule has 0 aliphatic carbocycles. The molecule has 108 valence electrons. The van der Waals surface area contributed by atoms with E-state index in [4.69, 9.17) is 28.6 Å². The molecule has 0 fully saturated rings. The zero-order chi connectivity index (χ0) is 15.0. The van der Waals surface area contributed by atoms with Gasteiger partial charge >= 0.3 is 0 Å². The Bertz CT molecular complexity index is 854. The summed E-state index contributed by atoms with van der Waals surface area (Å²) in [6.45, 7) is 2.53. The Morgan fingerprint density at radius 1 is 1.29 bits per heavy atom. The molecular formula is C15H12ClFN2OS. The number of nitrogens with zero attached hydrogens (tertiary/aromatic N) is 1. The van der Waals surface area contributed by atoms with Gasteiger partial charge in [-0.2, -0.15) is 0 Å². The molecule has 1 N–H and O–H groups in total. The minimum absolute atomic E-state index is 0.0672. The minimum atomic E-state index is -0.474. The van der Waals surface area contributed by atoms with E-state index < -0.39 is 5.82 Å². The summed E-state index contributed by atoms with van der Waals surface area (Å²) in [5, 5.41) is 0.0672. The van der Waals surface area contributed by atoms with Crippen molar-refractivity contribution in [2.75, 3.05) is 6.61 Å². The Balaban J connectivity index is 2.17. The normalized spacial score (nSPS) is 11.0. The number of hydrogen-bond donors (Lipinski definition) is 1. The van der Waals surface area contributed by atoms with Crippen LogP contribution in [0.4, 0.5) is 4.39 Å². The van der Waals surface area contributed by atoms with Gasteiger partial charge in [-0.1, -0.05) is 11.6 Å². The summed E-state index contributed by atoms with van der Waals surface area (Å²) in [5.74, 6) is 0.305. The van der Waals surface area contributed by atoms with Crippen molar-refractivity contribution in [1.29, 1.82) is 0 Å². The topological polar surface area (TPSA) is 29.9 Å². The summed E-state index contributed by atoms with van der Waals surface area (Å²) in [7, 11) is 0. The van der Waals surface area contributed by atoms with Gasteiger partial charge in [0, 0.05) is 11.8 Å². The number of imidazole rings is 1. The molecule has 0 amide bonds. The van der Waals surface area contributed by atoms with Gasteiger partial charge < -0.3 is 9.72 Å². The van der Waals surface area contributed by atoms with Gasteiger partial charge in [0.25, 0.3) is 0 Å². The zero-order valence-corrected chi connectivity index (χ0v) is 12.8. The Hall–Kier alpha value is -1.85. The molecule has 0 spiro atoms. The third-order valence-corrected chi connectivity index (χ3v) is 3.70. The average molecular weight is 323 g/mol. The first kappa shape index (κ1) is 14.1. The Labute approximate surface area is 130 Å². The number of benzene rings is 2. The molecule has 21 heavy (non-hydrogen) atoms. The van der Waals surface area contributed by atoms with Crippen LogP contribution in [0.5, 0.6) is 5.75 Å². The summed E-state index contributed by atoms with van der Waals surface area (Å²) >= 11 is 11.1. The number of aromatic nitrogens is 2. The Kier molecular flexibility index (Phi) is 3.69. The molecule has 0 aliphatic rings. The predicted molar refractivity (Wildman–Crippen MR) is 84.6 cm³/mol. The molecule has 1 heterocycles. The molecule has 6 heteroatoms. The molecule has 0 saturated heterocycles. The summed E-state index contributed by atoms with van der Waals surface area (Å²) in [6.07, 6.45) is 0. The first-order valence-corrected chi connectivity index (χ1v) is 7.22. The van der Waals surface area contributed by atoms with Gasteiger partial charge in [0.05, 0.1) is 22.7 Å².